The first-order valence-corrected chi connectivity index (χ1v) is 7.35. The third-order valence-corrected chi connectivity index (χ3v) is 3.08. The van der Waals surface area contributed by atoms with Gasteiger partial charge in [0.05, 0.1) is 5.69 Å². The van der Waals surface area contributed by atoms with Gasteiger partial charge in [0.15, 0.2) is 5.82 Å². The predicted molar refractivity (Wildman–Crippen MR) is 84.1 cm³/mol. The molecule has 0 bridgehead atoms. The Labute approximate surface area is 125 Å². The molecule has 0 unspecified atom stereocenters. The molecule has 2 rings (SSSR count). The van der Waals surface area contributed by atoms with Crippen LogP contribution in [-0.4, -0.2) is 28.1 Å². The molecule has 0 aliphatic rings. The largest absolute Gasteiger partial charge is 0.374 e. The molecule has 2 aromatic heterocycles. The van der Waals surface area contributed by atoms with Gasteiger partial charge < -0.3 is 10.1 Å². The molecule has 0 amide bonds. The van der Waals surface area contributed by atoms with Crippen molar-refractivity contribution in [1.29, 1.82) is 0 Å². The highest BCUT2D eigenvalue weighted by Crippen LogP contribution is 2.22. The molecular formula is C16H22N4O. The molecule has 2 aromatic rings. The van der Waals surface area contributed by atoms with Gasteiger partial charge >= 0.3 is 0 Å². The van der Waals surface area contributed by atoms with Crippen LogP contribution in [0.15, 0.2) is 24.5 Å². The van der Waals surface area contributed by atoms with Crippen LogP contribution in [0.25, 0.3) is 11.3 Å². The molecular weight excluding hydrogens is 264 g/mol. The van der Waals surface area contributed by atoms with Gasteiger partial charge in [-0.25, -0.2) is 9.97 Å². The first-order valence-electron chi connectivity index (χ1n) is 7.35. The van der Waals surface area contributed by atoms with Crippen LogP contribution in [0.4, 0.5) is 5.82 Å². The number of ether oxygens (including phenoxy) is 1. The summed E-state index contributed by atoms with van der Waals surface area (Å²) in [4.78, 5) is 13.3. The third kappa shape index (κ3) is 4.23. The van der Waals surface area contributed by atoms with E-state index in [0.29, 0.717) is 19.0 Å². The Balaban J connectivity index is 2.36. The second kappa shape index (κ2) is 7.69. The number of hydrogen-bond acceptors (Lipinski definition) is 5. The number of rotatable bonds is 7. The molecule has 112 valence electrons. The van der Waals surface area contributed by atoms with Crippen LogP contribution in [0.2, 0.25) is 0 Å². The van der Waals surface area contributed by atoms with Crippen molar-refractivity contribution in [3.05, 3.63) is 35.9 Å². The molecule has 5 heteroatoms. The van der Waals surface area contributed by atoms with E-state index in [0.717, 1.165) is 35.6 Å². The van der Waals surface area contributed by atoms with Crippen LogP contribution in [0.5, 0.6) is 0 Å². The van der Waals surface area contributed by atoms with E-state index in [2.05, 4.69) is 34.1 Å². The highest BCUT2D eigenvalue weighted by Gasteiger charge is 2.09. The SMILES string of the molecule is CCCNc1cc(-c2cnccc2C)nc(COCC)n1. The van der Waals surface area contributed by atoms with Crippen LogP contribution in [-0.2, 0) is 11.3 Å². The molecule has 0 aromatic carbocycles. The summed E-state index contributed by atoms with van der Waals surface area (Å²) in [5, 5.41) is 3.31. The lowest BCUT2D eigenvalue weighted by Crippen LogP contribution is -2.07. The van der Waals surface area contributed by atoms with E-state index in [9.17, 15) is 0 Å². The maximum Gasteiger partial charge on any atom is 0.157 e. The monoisotopic (exact) mass is 286 g/mol. The minimum absolute atomic E-state index is 0.421. The Bertz CT molecular complexity index is 560. The summed E-state index contributed by atoms with van der Waals surface area (Å²) in [6.07, 6.45) is 4.68. The first kappa shape index (κ1) is 15.4. The molecule has 0 saturated heterocycles. The van der Waals surface area contributed by atoms with Crippen molar-refractivity contribution in [2.45, 2.75) is 33.8 Å². The lowest BCUT2D eigenvalue weighted by Gasteiger charge is -2.11. The maximum atomic E-state index is 5.43. The Morgan fingerprint density at radius 2 is 2.10 bits per heavy atom. The number of nitrogens with one attached hydrogen (secondary N) is 1. The van der Waals surface area contributed by atoms with Gasteiger partial charge in [0, 0.05) is 37.2 Å². The van der Waals surface area contributed by atoms with E-state index in [1.54, 1.807) is 6.20 Å². The second-order valence-electron chi connectivity index (χ2n) is 4.81. The van der Waals surface area contributed by atoms with Gasteiger partial charge in [-0.15, -0.1) is 0 Å². The number of nitrogens with zero attached hydrogens (tertiary/aromatic N) is 3. The maximum absolute atomic E-state index is 5.43. The van der Waals surface area contributed by atoms with Crippen LogP contribution in [0.1, 0.15) is 31.7 Å². The molecule has 21 heavy (non-hydrogen) atoms. The lowest BCUT2D eigenvalue weighted by molar-refractivity contribution is 0.128. The van der Waals surface area contributed by atoms with E-state index in [1.807, 2.05) is 25.3 Å². The minimum atomic E-state index is 0.421. The van der Waals surface area contributed by atoms with E-state index in [-0.39, 0.29) is 0 Å². The lowest BCUT2D eigenvalue weighted by atomic mass is 10.1. The normalized spacial score (nSPS) is 10.6. The quantitative estimate of drug-likeness (QED) is 0.847. The number of aromatic nitrogens is 3. The van der Waals surface area contributed by atoms with Crippen molar-refractivity contribution in [2.75, 3.05) is 18.5 Å². The molecule has 0 aliphatic heterocycles. The van der Waals surface area contributed by atoms with Gasteiger partial charge in [0.25, 0.3) is 0 Å². The topological polar surface area (TPSA) is 59.9 Å². The zero-order valence-corrected chi connectivity index (χ0v) is 12.9. The minimum Gasteiger partial charge on any atom is -0.374 e. The molecule has 5 nitrogen and oxygen atoms in total. The van der Waals surface area contributed by atoms with E-state index in [4.69, 9.17) is 4.74 Å². The number of pyridine rings is 1. The van der Waals surface area contributed by atoms with Crippen LogP contribution in [0.3, 0.4) is 0 Å². The van der Waals surface area contributed by atoms with Gasteiger partial charge in [-0.3, -0.25) is 4.98 Å². The Morgan fingerprint density at radius 3 is 2.81 bits per heavy atom. The van der Waals surface area contributed by atoms with E-state index < -0.39 is 0 Å². The standard InChI is InChI=1S/C16H22N4O/c1-4-7-18-15-9-14(13-10-17-8-6-12(13)3)19-16(20-15)11-21-5-2/h6,8-10H,4-5,7,11H2,1-3H3,(H,18,19,20). The summed E-state index contributed by atoms with van der Waals surface area (Å²) in [5.74, 6) is 1.52. The first-order chi connectivity index (χ1) is 10.2. The van der Waals surface area contributed by atoms with Gasteiger partial charge in [-0.1, -0.05) is 6.92 Å². The van der Waals surface area contributed by atoms with E-state index >= 15 is 0 Å². The molecule has 2 heterocycles. The molecule has 0 atom stereocenters. The zero-order chi connectivity index (χ0) is 15.1. The molecule has 0 radical (unpaired) electrons. The van der Waals surface area contributed by atoms with Crippen molar-refractivity contribution in [2.24, 2.45) is 0 Å². The van der Waals surface area contributed by atoms with Crippen LogP contribution in [0, 0.1) is 6.92 Å². The second-order valence-corrected chi connectivity index (χ2v) is 4.81. The van der Waals surface area contributed by atoms with Crippen molar-refractivity contribution < 1.29 is 4.74 Å². The fraction of sp³-hybridized carbons (Fsp3) is 0.438. The summed E-state index contributed by atoms with van der Waals surface area (Å²) in [7, 11) is 0. The van der Waals surface area contributed by atoms with Gasteiger partial charge in [0.2, 0.25) is 0 Å². The fourth-order valence-electron chi connectivity index (χ4n) is 1.97. The number of aryl methyl sites for hydroxylation is 1. The molecule has 0 saturated carbocycles. The third-order valence-electron chi connectivity index (χ3n) is 3.08. The zero-order valence-electron chi connectivity index (χ0n) is 12.9. The van der Waals surface area contributed by atoms with Gasteiger partial charge in [0.1, 0.15) is 12.4 Å². The van der Waals surface area contributed by atoms with Gasteiger partial charge in [-0.2, -0.15) is 0 Å². The molecule has 0 aliphatic carbocycles. The summed E-state index contributed by atoms with van der Waals surface area (Å²) >= 11 is 0. The summed E-state index contributed by atoms with van der Waals surface area (Å²) in [6, 6.07) is 3.95. The Morgan fingerprint density at radius 1 is 1.24 bits per heavy atom. The average molecular weight is 286 g/mol. The van der Waals surface area contributed by atoms with Crippen molar-refractivity contribution in [3.63, 3.8) is 0 Å². The highest BCUT2D eigenvalue weighted by molar-refractivity contribution is 5.64. The van der Waals surface area contributed by atoms with Crippen molar-refractivity contribution >= 4 is 5.82 Å². The Hall–Kier alpha value is -2.01. The van der Waals surface area contributed by atoms with Crippen LogP contribution < -0.4 is 5.32 Å². The highest BCUT2D eigenvalue weighted by atomic mass is 16.5. The molecule has 0 fully saturated rings. The number of anilines is 1. The van der Waals surface area contributed by atoms with E-state index in [1.165, 1.54) is 0 Å². The van der Waals surface area contributed by atoms with Crippen molar-refractivity contribution in [3.8, 4) is 11.3 Å². The molecule has 0 spiro atoms. The molecule has 1 N–H and O–H groups in total. The smallest absolute Gasteiger partial charge is 0.157 e. The summed E-state index contributed by atoms with van der Waals surface area (Å²) in [6.45, 7) is 8.10. The average Bonchev–Trinajstić information content (AvgIpc) is 2.51. The fourth-order valence-corrected chi connectivity index (χ4v) is 1.97. The number of hydrogen-bond donors (Lipinski definition) is 1. The summed E-state index contributed by atoms with van der Waals surface area (Å²) < 4.78 is 5.43. The van der Waals surface area contributed by atoms with Crippen molar-refractivity contribution in [1.82, 2.24) is 15.0 Å². The predicted octanol–water partition coefficient (Wildman–Crippen LogP) is 3.21. The Kier molecular flexibility index (Phi) is 5.63. The van der Waals surface area contributed by atoms with Gasteiger partial charge in [-0.05, 0) is 31.9 Å². The van der Waals surface area contributed by atoms with Crippen LogP contribution >= 0.6 is 0 Å². The summed E-state index contributed by atoms with van der Waals surface area (Å²) in [5.41, 5.74) is 3.05.